The van der Waals surface area contributed by atoms with Gasteiger partial charge in [-0.2, -0.15) is 0 Å². The first-order valence-corrected chi connectivity index (χ1v) is 6.24. The molecule has 110 valence electrons. The molecule has 3 nitrogen and oxygen atoms in total. The molecule has 0 heterocycles. The molecule has 20 heavy (non-hydrogen) atoms. The Kier molecular flexibility index (Phi) is 5.07. The van der Waals surface area contributed by atoms with Gasteiger partial charge in [0.25, 0.3) is 0 Å². The van der Waals surface area contributed by atoms with Gasteiger partial charge < -0.3 is 14.8 Å². The number of aliphatic hydroxyl groups is 1. The maximum atomic E-state index is 13.4. The van der Waals surface area contributed by atoms with Crippen LogP contribution in [0.15, 0.2) is 24.2 Å². The van der Waals surface area contributed by atoms with Crippen molar-refractivity contribution >= 4 is 13.2 Å². The van der Waals surface area contributed by atoms with Crippen molar-refractivity contribution in [1.82, 2.24) is 0 Å². The minimum atomic E-state index is -1.32. The SMILES string of the molecule is CC(C)(O)C(C)(C)OB(O)/C=C/c1ccc(F)cc1F. The molecule has 6 heteroatoms. The van der Waals surface area contributed by atoms with Gasteiger partial charge in [0, 0.05) is 11.6 Å². The molecule has 1 aromatic carbocycles. The van der Waals surface area contributed by atoms with E-state index in [0.29, 0.717) is 0 Å². The van der Waals surface area contributed by atoms with E-state index in [0.717, 1.165) is 12.1 Å². The summed E-state index contributed by atoms with van der Waals surface area (Å²) in [6.45, 7) is 6.37. The monoisotopic (exact) mass is 284 g/mol. The van der Waals surface area contributed by atoms with Crippen LogP contribution in [0.5, 0.6) is 0 Å². The van der Waals surface area contributed by atoms with Gasteiger partial charge in [-0.1, -0.05) is 12.1 Å². The van der Waals surface area contributed by atoms with Crippen LogP contribution < -0.4 is 0 Å². The smallest absolute Gasteiger partial charge is 0.423 e. The number of benzene rings is 1. The summed E-state index contributed by atoms with van der Waals surface area (Å²) in [5.74, 6) is -0.168. The van der Waals surface area contributed by atoms with Crippen molar-refractivity contribution in [3.05, 3.63) is 41.4 Å². The van der Waals surface area contributed by atoms with E-state index < -0.39 is 30.0 Å². The van der Waals surface area contributed by atoms with E-state index in [1.807, 2.05) is 0 Å². The van der Waals surface area contributed by atoms with Crippen molar-refractivity contribution in [2.45, 2.75) is 38.9 Å². The molecule has 0 fully saturated rings. The van der Waals surface area contributed by atoms with Crippen LogP contribution in [0.3, 0.4) is 0 Å². The Bertz CT molecular complexity index is 496. The first kappa shape index (κ1) is 16.8. The average molecular weight is 284 g/mol. The second-order valence-electron chi connectivity index (χ2n) is 5.60. The highest BCUT2D eigenvalue weighted by atomic mass is 19.1. The topological polar surface area (TPSA) is 49.7 Å². The minimum Gasteiger partial charge on any atom is -0.423 e. The van der Waals surface area contributed by atoms with Crippen LogP contribution in [-0.2, 0) is 4.65 Å². The minimum absolute atomic E-state index is 0.134. The van der Waals surface area contributed by atoms with E-state index in [9.17, 15) is 18.9 Å². The third-order valence-corrected chi connectivity index (χ3v) is 3.29. The predicted octanol–water partition coefficient (Wildman–Crippen LogP) is 2.56. The average Bonchev–Trinajstić information content (AvgIpc) is 2.25. The lowest BCUT2D eigenvalue weighted by Gasteiger charge is -2.38. The Balaban J connectivity index is 2.76. The fourth-order valence-electron chi connectivity index (χ4n) is 1.31. The van der Waals surface area contributed by atoms with Crippen molar-refractivity contribution in [3.63, 3.8) is 0 Å². The van der Waals surface area contributed by atoms with Gasteiger partial charge in [-0.3, -0.25) is 0 Å². The summed E-state index contributed by atoms with van der Waals surface area (Å²) in [7, 11) is -1.32. The summed E-state index contributed by atoms with van der Waals surface area (Å²) in [5.41, 5.74) is -2.03. The number of hydrogen-bond donors (Lipinski definition) is 2. The van der Waals surface area contributed by atoms with Crippen molar-refractivity contribution in [2.24, 2.45) is 0 Å². The lowest BCUT2D eigenvalue weighted by Crippen LogP contribution is -2.50. The number of halogens is 2. The fraction of sp³-hybridized carbons (Fsp3) is 0.429. The molecule has 0 atom stereocenters. The highest BCUT2D eigenvalue weighted by Crippen LogP contribution is 2.25. The third-order valence-electron chi connectivity index (χ3n) is 3.29. The van der Waals surface area contributed by atoms with Gasteiger partial charge in [0.15, 0.2) is 0 Å². The molecule has 0 aromatic heterocycles. The van der Waals surface area contributed by atoms with Gasteiger partial charge in [0.1, 0.15) is 11.6 Å². The summed E-state index contributed by atoms with van der Waals surface area (Å²) < 4.78 is 31.4. The Morgan fingerprint density at radius 1 is 1.20 bits per heavy atom. The normalized spacial score (nSPS) is 13.0. The van der Waals surface area contributed by atoms with Crippen LogP contribution in [0, 0.1) is 11.6 Å². The molecule has 0 spiro atoms. The van der Waals surface area contributed by atoms with Crippen LogP contribution in [0.25, 0.3) is 6.08 Å². The van der Waals surface area contributed by atoms with E-state index in [4.69, 9.17) is 4.65 Å². The maximum Gasteiger partial charge on any atom is 0.483 e. The summed E-state index contributed by atoms with van der Waals surface area (Å²) in [4.78, 5) is 0. The van der Waals surface area contributed by atoms with Crippen LogP contribution in [0.2, 0.25) is 0 Å². The third kappa shape index (κ3) is 4.40. The van der Waals surface area contributed by atoms with Gasteiger partial charge >= 0.3 is 7.12 Å². The highest BCUT2D eigenvalue weighted by molar-refractivity contribution is 6.50. The van der Waals surface area contributed by atoms with Gasteiger partial charge in [-0.15, -0.1) is 0 Å². The molecule has 1 rings (SSSR count). The van der Waals surface area contributed by atoms with Gasteiger partial charge in [-0.05, 0) is 39.8 Å². The molecule has 0 saturated carbocycles. The Morgan fingerprint density at radius 2 is 1.80 bits per heavy atom. The quantitative estimate of drug-likeness (QED) is 0.817. The molecule has 0 aliphatic carbocycles. The Hall–Kier alpha value is -1.24. The molecule has 0 saturated heterocycles. The standard InChI is InChI=1S/C14H19BF2O3/c1-13(2,18)14(3,4)20-15(19)8-7-10-5-6-11(16)9-12(10)17/h5-9,18-19H,1-4H3/b8-7+. The second kappa shape index (κ2) is 6.03. The zero-order valence-corrected chi connectivity index (χ0v) is 12.0. The lowest BCUT2D eigenvalue weighted by atomic mass is 9.82. The number of hydrogen-bond acceptors (Lipinski definition) is 3. The van der Waals surface area contributed by atoms with Crippen molar-refractivity contribution in [2.75, 3.05) is 0 Å². The molecule has 0 aliphatic heterocycles. The van der Waals surface area contributed by atoms with Crippen molar-refractivity contribution in [1.29, 1.82) is 0 Å². The summed E-state index contributed by atoms with van der Waals surface area (Å²) in [6, 6.07) is 3.14. The zero-order valence-electron chi connectivity index (χ0n) is 12.0. The molecule has 0 aliphatic rings. The van der Waals surface area contributed by atoms with Gasteiger partial charge in [0.2, 0.25) is 0 Å². The second-order valence-corrected chi connectivity index (χ2v) is 5.60. The van der Waals surface area contributed by atoms with Gasteiger partial charge in [-0.25, -0.2) is 8.78 Å². The molecule has 1 aromatic rings. The van der Waals surface area contributed by atoms with Crippen molar-refractivity contribution in [3.8, 4) is 0 Å². The molecule has 0 radical (unpaired) electrons. The van der Waals surface area contributed by atoms with Crippen LogP contribution >= 0.6 is 0 Å². The Morgan fingerprint density at radius 3 is 2.30 bits per heavy atom. The summed E-state index contributed by atoms with van der Waals surface area (Å²) in [6.07, 6.45) is 1.29. The van der Waals surface area contributed by atoms with E-state index >= 15 is 0 Å². The highest BCUT2D eigenvalue weighted by Gasteiger charge is 2.38. The molecule has 2 N–H and O–H groups in total. The van der Waals surface area contributed by atoms with E-state index in [1.54, 1.807) is 27.7 Å². The maximum absolute atomic E-state index is 13.4. The summed E-state index contributed by atoms with van der Waals surface area (Å²) in [5, 5.41) is 19.6. The zero-order chi connectivity index (χ0) is 15.6. The molecular weight excluding hydrogens is 265 g/mol. The van der Waals surface area contributed by atoms with E-state index in [1.165, 1.54) is 18.1 Å². The Labute approximate surface area is 118 Å². The molecule has 0 bridgehead atoms. The lowest BCUT2D eigenvalue weighted by molar-refractivity contribution is -0.0984. The van der Waals surface area contributed by atoms with Crippen LogP contribution in [0.4, 0.5) is 8.78 Å². The van der Waals surface area contributed by atoms with E-state index in [-0.39, 0.29) is 5.56 Å². The van der Waals surface area contributed by atoms with Gasteiger partial charge in [0.05, 0.1) is 11.2 Å². The first-order chi connectivity index (χ1) is 9.03. The van der Waals surface area contributed by atoms with Crippen molar-refractivity contribution < 1.29 is 23.6 Å². The fourth-order valence-corrected chi connectivity index (χ4v) is 1.31. The number of rotatable bonds is 5. The predicted molar refractivity (Wildman–Crippen MR) is 74.8 cm³/mol. The first-order valence-electron chi connectivity index (χ1n) is 6.24. The largest absolute Gasteiger partial charge is 0.483 e. The molecular formula is C14H19BF2O3. The van der Waals surface area contributed by atoms with Crippen LogP contribution in [0.1, 0.15) is 33.3 Å². The van der Waals surface area contributed by atoms with E-state index in [2.05, 4.69) is 0 Å². The summed E-state index contributed by atoms with van der Waals surface area (Å²) >= 11 is 0. The van der Waals surface area contributed by atoms with Crippen LogP contribution in [-0.4, -0.2) is 28.5 Å². The molecule has 0 unspecified atom stereocenters. The molecule has 0 amide bonds.